The van der Waals surface area contributed by atoms with Gasteiger partial charge in [-0.3, -0.25) is 9.71 Å². The van der Waals surface area contributed by atoms with Crippen LogP contribution in [0.25, 0.3) is 21.7 Å². The molecule has 3 aromatic carbocycles. The number of benzene rings is 3. The van der Waals surface area contributed by atoms with Gasteiger partial charge in [-0.1, -0.05) is 42.5 Å². The van der Waals surface area contributed by atoms with Gasteiger partial charge < -0.3 is 0 Å². The van der Waals surface area contributed by atoms with Crippen LogP contribution in [-0.4, -0.2) is 13.4 Å². The number of hydrogen-bond donors (Lipinski definition) is 1. The number of para-hydroxylation sites is 1. The minimum absolute atomic E-state index is 0.193. The number of anilines is 1. The van der Waals surface area contributed by atoms with E-state index in [0.29, 0.717) is 11.2 Å². The van der Waals surface area contributed by atoms with Crippen molar-refractivity contribution in [3.05, 3.63) is 78.0 Å². The molecule has 0 saturated heterocycles. The summed E-state index contributed by atoms with van der Waals surface area (Å²) in [6.07, 6.45) is 3.63. The van der Waals surface area contributed by atoms with Crippen molar-refractivity contribution in [2.45, 2.75) is 17.7 Å². The topological polar surface area (TPSA) is 59.1 Å². The summed E-state index contributed by atoms with van der Waals surface area (Å²) in [5, 5.41) is 2.94. The zero-order chi connectivity index (χ0) is 17.7. The molecule has 0 saturated carbocycles. The number of aromatic nitrogens is 1. The quantitative estimate of drug-likeness (QED) is 0.593. The van der Waals surface area contributed by atoms with Crippen LogP contribution in [0, 0.1) is 0 Å². The summed E-state index contributed by atoms with van der Waals surface area (Å²) < 4.78 is 29.0. The maximum atomic E-state index is 13.1. The van der Waals surface area contributed by atoms with Crippen molar-refractivity contribution in [2.75, 3.05) is 4.72 Å². The first-order valence-corrected chi connectivity index (χ1v) is 10.0. The third-order valence-electron chi connectivity index (χ3n) is 5.01. The number of rotatable bonds is 3. The van der Waals surface area contributed by atoms with Gasteiger partial charge in [0.15, 0.2) is 0 Å². The molecule has 0 fully saturated rings. The van der Waals surface area contributed by atoms with E-state index in [2.05, 4.69) is 15.8 Å². The zero-order valence-corrected chi connectivity index (χ0v) is 14.8. The van der Waals surface area contributed by atoms with Crippen LogP contribution < -0.4 is 4.72 Å². The van der Waals surface area contributed by atoms with Crippen molar-refractivity contribution < 1.29 is 8.42 Å². The van der Waals surface area contributed by atoms with E-state index in [0.717, 1.165) is 23.6 Å². The van der Waals surface area contributed by atoms with Gasteiger partial charge >= 0.3 is 0 Å². The van der Waals surface area contributed by atoms with Gasteiger partial charge in [-0.2, -0.15) is 0 Å². The Morgan fingerprint density at radius 2 is 1.62 bits per heavy atom. The molecule has 0 amide bonds. The molecule has 0 aliphatic heterocycles. The minimum atomic E-state index is -3.75. The van der Waals surface area contributed by atoms with Crippen molar-refractivity contribution in [2.24, 2.45) is 0 Å². The Morgan fingerprint density at radius 3 is 2.50 bits per heavy atom. The van der Waals surface area contributed by atoms with Crippen molar-refractivity contribution >= 4 is 37.4 Å². The normalized spacial score (nSPS) is 13.4. The Balaban J connectivity index is 1.67. The van der Waals surface area contributed by atoms with E-state index < -0.39 is 10.0 Å². The molecule has 4 aromatic rings. The number of fused-ring (bicyclic) bond motifs is 1. The van der Waals surface area contributed by atoms with E-state index in [1.807, 2.05) is 36.4 Å². The molecule has 5 heteroatoms. The number of hydrogen-bond acceptors (Lipinski definition) is 3. The first-order chi connectivity index (χ1) is 12.6. The number of pyridine rings is 1. The van der Waals surface area contributed by atoms with Crippen LogP contribution in [0.3, 0.4) is 0 Å². The Labute approximate surface area is 151 Å². The largest absolute Gasteiger partial charge is 0.279 e. The molecule has 4 nitrogen and oxygen atoms in total. The van der Waals surface area contributed by atoms with E-state index in [1.54, 1.807) is 24.4 Å². The van der Waals surface area contributed by atoms with E-state index in [9.17, 15) is 8.42 Å². The van der Waals surface area contributed by atoms with Crippen LogP contribution in [0.1, 0.15) is 11.1 Å². The molecule has 1 N–H and O–H groups in total. The standard InChI is InChI=1S/C21H16N2O2S/c24-26(25,19-8-2-5-16-6-3-13-22-21(16)19)23-18-12-11-15-10-9-14-4-1-7-17(18)20(14)15/h1-8,11-13,23H,9-10H2. The third kappa shape index (κ3) is 2.28. The molecular weight excluding hydrogens is 344 g/mol. The highest BCUT2D eigenvalue weighted by Gasteiger charge is 2.21. The molecule has 0 radical (unpaired) electrons. The van der Waals surface area contributed by atoms with Crippen LogP contribution in [0.4, 0.5) is 5.69 Å². The van der Waals surface area contributed by atoms with Crippen LogP contribution in [-0.2, 0) is 22.9 Å². The Hall–Kier alpha value is -2.92. The molecule has 0 atom stereocenters. The van der Waals surface area contributed by atoms with E-state index in [1.165, 1.54) is 16.5 Å². The fourth-order valence-electron chi connectivity index (χ4n) is 3.83. The lowest BCUT2D eigenvalue weighted by Crippen LogP contribution is -2.14. The molecule has 0 spiro atoms. The van der Waals surface area contributed by atoms with Gasteiger partial charge in [-0.25, -0.2) is 8.42 Å². The van der Waals surface area contributed by atoms with Gasteiger partial charge in [-0.15, -0.1) is 0 Å². The van der Waals surface area contributed by atoms with E-state index in [4.69, 9.17) is 0 Å². The highest BCUT2D eigenvalue weighted by atomic mass is 32.2. The van der Waals surface area contributed by atoms with Gasteiger partial charge in [-0.05, 0) is 47.6 Å². The first-order valence-electron chi connectivity index (χ1n) is 8.53. The van der Waals surface area contributed by atoms with Gasteiger partial charge in [0.25, 0.3) is 10.0 Å². The van der Waals surface area contributed by atoms with Crippen molar-refractivity contribution in [1.29, 1.82) is 0 Å². The summed E-state index contributed by atoms with van der Waals surface area (Å²) in [6, 6.07) is 18.8. The SMILES string of the molecule is O=S(=O)(Nc1ccc2c3c(cccc13)CC2)c1cccc2cccnc12. The number of sulfonamides is 1. The maximum Gasteiger partial charge on any atom is 0.264 e. The summed E-state index contributed by atoms with van der Waals surface area (Å²) in [7, 11) is -3.75. The molecule has 5 rings (SSSR count). The fraction of sp³-hybridized carbons (Fsp3) is 0.0952. The lowest BCUT2D eigenvalue weighted by Gasteiger charge is -2.13. The second kappa shape index (κ2) is 5.54. The number of aryl methyl sites for hydroxylation is 2. The minimum Gasteiger partial charge on any atom is -0.279 e. The van der Waals surface area contributed by atoms with Gasteiger partial charge in [0.1, 0.15) is 4.90 Å². The monoisotopic (exact) mass is 360 g/mol. The number of nitrogens with one attached hydrogen (secondary N) is 1. The van der Waals surface area contributed by atoms with Crippen molar-refractivity contribution in [3.8, 4) is 0 Å². The summed E-state index contributed by atoms with van der Waals surface area (Å²) in [6.45, 7) is 0. The molecule has 1 aromatic heterocycles. The third-order valence-corrected chi connectivity index (χ3v) is 6.40. The highest BCUT2D eigenvalue weighted by molar-refractivity contribution is 7.93. The molecule has 0 unspecified atom stereocenters. The molecule has 26 heavy (non-hydrogen) atoms. The summed E-state index contributed by atoms with van der Waals surface area (Å²) >= 11 is 0. The molecule has 1 heterocycles. The lowest BCUT2D eigenvalue weighted by atomic mass is 10.0. The molecule has 0 bridgehead atoms. The summed E-state index contributed by atoms with van der Waals surface area (Å²) in [4.78, 5) is 4.46. The molecular formula is C21H16N2O2S. The average Bonchev–Trinajstić information content (AvgIpc) is 3.08. The lowest BCUT2D eigenvalue weighted by molar-refractivity contribution is 0.602. The summed E-state index contributed by atoms with van der Waals surface area (Å²) in [5.41, 5.74) is 3.66. The van der Waals surface area contributed by atoms with E-state index in [-0.39, 0.29) is 4.90 Å². The fourth-order valence-corrected chi connectivity index (χ4v) is 5.09. The van der Waals surface area contributed by atoms with Gasteiger partial charge in [0.05, 0.1) is 11.2 Å². The Kier molecular flexibility index (Phi) is 3.27. The Morgan fingerprint density at radius 1 is 0.846 bits per heavy atom. The van der Waals surface area contributed by atoms with E-state index >= 15 is 0 Å². The zero-order valence-electron chi connectivity index (χ0n) is 13.9. The van der Waals surface area contributed by atoms with Crippen LogP contribution >= 0.6 is 0 Å². The van der Waals surface area contributed by atoms with Crippen LogP contribution in [0.2, 0.25) is 0 Å². The van der Waals surface area contributed by atoms with Gasteiger partial charge in [0, 0.05) is 17.0 Å². The van der Waals surface area contributed by atoms with Crippen LogP contribution in [0.15, 0.2) is 71.8 Å². The van der Waals surface area contributed by atoms with Crippen LogP contribution in [0.5, 0.6) is 0 Å². The predicted octanol–water partition coefficient (Wildman–Crippen LogP) is 4.29. The molecule has 1 aliphatic carbocycles. The van der Waals surface area contributed by atoms with Crippen molar-refractivity contribution in [3.63, 3.8) is 0 Å². The second-order valence-corrected chi connectivity index (χ2v) is 8.20. The molecule has 128 valence electrons. The highest BCUT2D eigenvalue weighted by Crippen LogP contribution is 2.36. The van der Waals surface area contributed by atoms with Crippen molar-refractivity contribution in [1.82, 2.24) is 4.98 Å². The number of nitrogens with zero attached hydrogens (tertiary/aromatic N) is 1. The smallest absolute Gasteiger partial charge is 0.264 e. The predicted molar refractivity (Wildman–Crippen MR) is 104 cm³/mol. The second-order valence-electron chi connectivity index (χ2n) is 6.55. The Bertz CT molecular complexity index is 1260. The molecule has 1 aliphatic rings. The first kappa shape index (κ1) is 15.3. The van der Waals surface area contributed by atoms with Gasteiger partial charge in [0.2, 0.25) is 0 Å². The average molecular weight is 360 g/mol. The maximum absolute atomic E-state index is 13.1. The summed E-state index contributed by atoms with van der Waals surface area (Å²) in [5.74, 6) is 0.